The molecule has 2 N–H and O–H groups in total. The highest BCUT2D eigenvalue weighted by molar-refractivity contribution is 5.95. The molecule has 21 heavy (non-hydrogen) atoms. The average molecular weight is 286 g/mol. The number of fused-ring (bicyclic) bond motifs is 1. The first-order valence-corrected chi connectivity index (χ1v) is 8.28. The lowest BCUT2D eigenvalue weighted by molar-refractivity contribution is -0.124. The minimum atomic E-state index is 0.204. The minimum absolute atomic E-state index is 0.204. The Morgan fingerprint density at radius 1 is 1.14 bits per heavy atom. The van der Waals surface area contributed by atoms with Crippen molar-refractivity contribution in [2.75, 3.05) is 17.7 Å². The molecule has 1 aromatic carbocycles. The average Bonchev–Trinajstić information content (AvgIpc) is 2.53. The maximum Gasteiger partial charge on any atom is 0.229 e. The van der Waals surface area contributed by atoms with Crippen LogP contribution < -0.4 is 10.6 Å². The van der Waals surface area contributed by atoms with Gasteiger partial charge in [0.2, 0.25) is 5.91 Å². The van der Waals surface area contributed by atoms with Gasteiger partial charge in [0, 0.05) is 24.3 Å². The zero-order chi connectivity index (χ0) is 14.8. The lowest BCUT2D eigenvalue weighted by Crippen LogP contribution is -2.38. The van der Waals surface area contributed by atoms with Crippen molar-refractivity contribution < 1.29 is 4.79 Å². The molecule has 3 nitrogen and oxygen atoms in total. The van der Waals surface area contributed by atoms with Crippen molar-refractivity contribution in [3.63, 3.8) is 0 Å². The third kappa shape index (κ3) is 3.07. The molecule has 3 rings (SSSR count). The largest absolute Gasteiger partial charge is 0.399 e. The molecule has 1 amide bonds. The molecule has 0 aliphatic heterocycles. The van der Waals surface area contributed by atoms with Gasteiger partial charge < -0.3 is 10.6 Å². The number of carbonyl (C=O) groups excluding carboxylic acids is 1. The predicted octanol–water partition coefficient (Wildman–Crippen LogP) is 3.84. The van der Waals surface area contributed by atoms with Gasteiger partial charge in [-0.15, -0.1) is 0 Å². The van der Waals surface area contributed by atoms with E-state index in [1.54, 1.807) is 4.90 Å². The van der Waals surface area contributed by atoms with E-state index in [1.807, 2.05) is 31.3 Å². The Hall–Kier alpha value is -1.51. The monoisotopic (exact) mass is 286 g/mol. The van der Waals surface area contributed by atoms with E-state index in [2.05, 4.69) is 0 Å². The summed E-state index contributed by atoms with van der Waals surface area (Å²) >= 11 is 0. The van der Waals surface area contributed by atoms with Crippen molar-refractivity contribution in [1.82, 2.24) is 0 Å². The normalized spacial score (nSPS) is 28.7. The molecule has 114 valence electrons. The number of carbonyl (C=O) groups is 1. The summed E-state index contributed by atoms with van der Waals surface area (Å²) < 4.78 is 0. The van der Waals surface area contributed by atoms with Gasteiger partial charge in [0.05, 0.1) is 0 Å². The Morgan fingerprint density at radius 2 is 1.90 bits per heavy atom. The fraction of sp³-hybridized carbons (Fsp3) is 0.611. The summed E-state index contributed by atoms with van der Waals surface area (Å²) in [5, 5.41) is 0. The van der Waals surface area contributed by atoms with Gasteiger partial charge in [0.15, 0.2) is 0 Å². The first-order chi connectivity index (χ1) is 10.1. The molecular weight excluding hydrogens is 260 g/mol. The van der Waals surface area contributed by atoms with Gasteiger partial charge in [-0.3, -0.25) is 4.79 Å². The minimum Gasteiger partial charge on any atom is -0.399 e. The van der Waals surface area contributed by atoms with E-state index >= 15 is 0 Å². The first kappa shape index (κ1) is 14.4. The van der Waals surface area contributed by atoms with Crippen molar-refractivity contribution in [2.24, 2.45) is 17.8 Å². The van der Waals surface area contributed by atoms with Crippen LogP contribution in [0.25, 0.3) is 0 Å². The van der Waals surface area contributed by atoms with Crippen LogP contribution in [-0.2, 0) is 4.79 Å². The summed E-state index contributed by atoms with van der Waals surface area (Å²) in [5.41, 5.74) is 7.44. The number of hydrogen-bond acceptors (Lipinski definition) is 2. The smallest absolute Gasteiger partial charge is 0.229 e. The quantitative estimate of drug-likeness (QED) is 0.840. The predicted molar refractivity (Wildman–Crippen MR) is 87.1 cm³/mol. The fourth-order valence-corrected chi connectivity index (χ4v) is 4.23. The van der Waals surface area contributed by atoms with E-state index < -0.39 is 0 Å². The number of benzene rings is 1. The molecular formula is C18H26N2O. The molecule has 0 spiro atoms. The van der Waals surface area contributed by atoms with Gasteiger partial charge in [-0.25, -0.2) is 0 Å². The highest BCUT2D eigenvalue weighted by Crippen LogP contribution is 2.43. The first-order valence-electron chi connectivity index (χ1n) is 8.28. The Bertz CT molecular complexity index is 514. The van der Waals surface area contributed by atoms with Gasteiger partial charge >= 0.3 is 0 Å². The zero-order valence-electron chi connectivity index (χ0n) is 12.9. The lowest BCUT2D eigenvalue weighted by atomic mass is 9.67. The molecule has 3 atom stereocenters. The van der Waals surface area contributed by atoms with Crippen LogP contribution in [0.2, 0.25) is 0 Å². The molecule has 2 aliphatic rings. The number of nitrogens with two attached hydrogens (primary N) is 1. The molecule has 0 aromatic heterocycles. The second-order valence-corrected chi connectivity index (χ2v) is 6.81. The number of hydrogen-bond donors (Lipinski definition) is 1. The van der Waals surface area contributed by atoms with Gasteiger partial charge in [-0.05, 0) is 49.3 Å². The van der Waals surface area contributed by atoms with Crippen LogP contribution in [0.4, 0.5) is 11.4 Å². The van der Waals surface area contributed by atoms with Crippen LogP contribution in [0, 0.1) is 17.8 Å². The van der Waals surface area contributed by atoms with E-state index in [0.29, 0.717) is 5.69 Å². The highest BCUT2D eigenvalue weighted by atomic mass is 16.2. The molecule has 0 heterocycles. The molecule has 0 bridgehead atoms. The number of rotatable bonds is 2. The molecule has 2 saturated carbocycles. The standard InChI is InChI=1S/C18H26N2O/c1-20(17-8-4-7-16(19)12-17)18(21)15-10-9-13-5-2-3-6-14(13)11-15/h4,7-8,12-15H,2-3,5-6,9-11,19H2,1H3. The van der Waals surface area contributed by atoms with Gasteiger partial charge in [-0.2, -0.15) is 0 Å². The second kappa shape index (κ2) is 6.08. The van der Waals surface area contributed by atoms with Crippen molar-refractivity contribution in [3.05, 3.63) is 24.3 Å². The Balaban J connectivity index is 1.67. The fourth-order valence-electron chi connectivity index (χ4n) is 4.23. The van der Waals surface area contributed by atoms with Crippen LogP contribution in [0.5, 0.6) is 0 Å². The summed E-state index contributed by atoms with van der Waals surface area (Å²) in [4.78, 5) is 14.6. The van der Waals surface area contributed by atoms with Crippen molar-refractivity contribution in [3.8, 4) is 0 Å². The summed E-state index contributed by atoms with van der Waals surface area (Å²) in [6.45, 7) is 0. The molecule has 0 saturated heterocycles. The number of anilines is 2. The Kier molecular flexibility index (Phi) is 4.18. The number of amides is 1. The van der Waals surface area contributed by atoms with E-state index in [-0.39, 0.29) is 11.8 Å². The molecule has 0 radical (unpaired) electrons. The molecule has 2 aliphatic carbocycles. The Labute approximate surface area is 127 Å². The van der Waals surface area contributed by atoms with Crippen LogP contribution >= 0.6 is 0 Å². The zero-order valence-corrected chi connectivity index (χ0v) is 12.9. The van der Waals surface area contributed by atoms with Crippen LogP contribution in [-0.4, -0.2) is 13.0 Å². The maximum atomic E-state index is 12.8. The molecule has 2 fully saturated rings. The van der Waals surface area contributed by atoms with Crippen molar-refractivity contribution in [1.29, 1.82) is 0 Å². The van der Waals surface area contributed by atoms with E-state index in [0.717, 1.165) is 30.4 Å². The summed E-state index contributed by atoms with van der Waals surface area (Å²) in [5.74, 6) is 2.15. The number of nitrogens with zero attached hydrogens (tertiary/aromatic N) is 1. The molecule has 3 heteroatoms. The summed E-state index contributed by atoms with van der Waals surface area (Å²) in [6.07, 6.45) is 8.86. The topological polar surface area (TPSA) is 46.3 Å². The van der Waals surface area contributed by atoms with Gasteiger partial charge in [-0.1, -0.05) is 31.7 Å². The van der Waals surface area contributed by atoms with E-state index in [4.69, 9.17) is 5.73 Å². The van der Waals surface area contributed by atoms with Crippen LogP contribution in [0.1, 0.15) is 44.9 Å². The third-order valence-electron chi connectivity index (χ3n) is 5.48. The van der Waals surface area contributed by atoms with Gasteiger partial charge in [0.1, 0.15) is 0 Å². The molecule has 1 aromatic rings. The maximum absolute atomic E-state index is 12.8. The second-order valence-electron chi connectivity index (χ2n) is 6.81. The highest BCUT2D eigenvalue weighted by Gasteiger charge is 2.36. The number of nitrogen functional groups attached to an aromatic ring is 1. The molecule has 3 unspecified atom stereocenters. The Morgan fingerprint density at radius 3 is 2.67 bits per heavy atom. The SMILES string of the molecule is CN(C(=O)C1CCC2CCCCC2C1)c1cccc(N)c1. The third-order valence-corrected chi connectivity index (χ3v) is 5.48. The summed E-state index contributed by atoms with van der Waals surface area (Å²) in [7, 11) is 1.88. The van der Waals surface area contributed by atoms with Crippen molar-refractivity contribution in [2.45, 2.75) is 44.9 Å². The van der Waals surface area contributed by atoms with Crippen LogP contribution in [0.3, 0.4) is 0 Å². The van der Waals surface area contributed by atoms with Gasteiger partial charge in [0.25, 0.3) is 0 Å². The van der Waals surface area contributed by atoms with E-state index in [1.165, 1.54) is 32.1 Å². The summed E-state index contributed by atoms with van der Waals surface area (Å²) in [6, 6.07) is 7.60. The van der Waals surface area contributed by atoms with Crippen LogP contribution in [0.15, 0.2) is 24.3 Å². The van der Waals surface area contributed by atoms with E-state index in [9.17, 15) is 4.79 Å². The lowest BCUT2D eigenvalue weighted by Gasteiger charge is -2.39. The van der Waals surface area contributed by atoms with Crippen molar-refractivity contribution >= 4 is 17.3 Å².